The molecule has 0 aromatic rings. The van der Waals surface area contributed by atoms with E-state index in [9.17, 15) is 8.42 Å². The molecule has 16 heavy (non-hydrogen) atoms. The van der Waals surface area contributed by atoms with Crippen molar-refractivity contribution in [2.45, 2.75) is 33.6 Å². The van der Waals surface area contributed by atoms with Gasteiger partial charge in [0, 0.05) is 12.5 Å². The van der Waals surface area contributed by atoms with Gasteiger partial charge in [0.2, 0.25) is 10.0 Å². The molecule has 0 aromatic carbocycles. The van der Waals surface area contributed by atoms with Crippen LogP contribution in [-0.2, 0) is 14.8 Å². The first-order valence-corrected chi connectivity index (χ1v) is 7.48. The minimum Gasteiger partial charge on any atom is -0.381 e. The summed E-state index contributed by atoms with van der Waals surface area (Å²) in [6.07, 6.45) is 2.49. The van der Waals surface area contributed by atoms with Gasteiger partial charge in [0.25, 0.3) is 0 Å². The molecule has 0 aromatic heterocycles. The number of sulfonamides is 1. The molecule has 1 rings (SSSR count). The zero-order chi connectivity index (χ0) is 12.4. The molecule has 5 heteroatoms. The Hall–Kier alpha value is -0.130. The van der Waals surface area contributed by atoms with Crippen molar-refractivity contribution in [2.75, 3.05) is 19.0 Å². The molecule has 0 radical (unpaired) electrons. The zero-order valence-electron chi connectivity index (χ0n) is 10.4. The third-order valence-electron chi connectivity index (χ3n) is 3.03. The van der Waals surface area contributed by atoms with Gasteiger partial charge in [0.1, 0.15) is 0 Å². The Balaban J connectivity index is 2.42. The molecule has 0 aliphatic heterocycles. The summed E-state index contributed by atoms with van der Waals surface area (Å²) in [4.78, 5) is 0. The van der Waals surface area contributed by atoms with Gasteiger partial charge in [-0.3, -0.25) is 0 Å². The number of hydrogen-bond donors (Lipinski definition) is 1. The van der Waals surface area contributed by atoms with Gasteiger partial charge >= 0.3 is 0 Å². The van der Waals surface area contributed by atoms with Crippen LogP contribution in [0.1, 0.15) is 33.6 Å². The standard InChI is InChI=1S/C11H23NO3S/c1-11(2,3)10(8-16(12,13)14)7-15-6-9-4-5-9/h9-10H,4-8H2,1-3H3,(H2,12,13,14). The molecule has 0 amide bonds. The molecule has 0 bridgehead atoms. The Morgan fingerprint density at radius 3 is 2.31 bits per heavy atom. The van der Waals surface area contributed by atoms with E-state index >= 15 is 0 Å². The molecule has 4 nitrogen and oxygen atoms in total. The van der Waals surface area contributed by atoms with Gasteiger partial charge in [-0.15, -0.1) is 0 Å². The molecule has 2 N–H and O–H groups in total. The quantitative estimate of drug-likeness (QED) is 0.773. The maximum atomic E-state index is 11.1. The van der Waals surface area contributed by atoms with Crippen LogP contribution >= 0.6 is 0 Å². The molecule has 1 saturated carbocycles. The Morgan fingerprint density at radius 2 is 1.94 bits per heavy atom. The van der Waals surface area contributed by atoms with Gasteiger partial charge in [-0.2, -0.15) is 0 Å². The predicted octanol–water partition coefficient (Wildman–Crippen LogP) is 1.36. The molecule has 0 heterocycles. The van der Waals surface area contributed by atoms with Crippen LogP contribution in [0.4, 0.5) is 0 Å². The van der Waals surface area contributed by atoms with Gasteiger partial charge in [-0.05, 0) is 24.2 Å². The number of hydrogen-bond acceptors (Lipinski definition) is 3. The lowest BCUT2D eigenvalue weighted by atomic mass is 9.82. The predicted molar refractivity (Wildman–Crippen MR) is 64.5 cm³/mol. The van der Waals surface area contributed by atoms with Crippen molar-refractivity contribution in [3.05, 3.63) is 0 Å². The van der Waals surface area contributed by atoms with Gasteiger partial charge in [0.15, 0.2) is 0 Å². The third kappa shape index (κ3) is 5.82. The van der Waals surface area contributed by atoms with Crippen molar-refractivity contribution in [3.63, 3.8) is 0 Å². The smallest absolute Gasteiger partial charge is 0.209 e. The summed E-state index contributed by atoms with van der Waals surface area (Å²) in [7, 11) is -3.42. The Kier molecular flexibility index (Phi) is 4.37. The van der Waals surface area contributed by atoms with Crippen LogP contribution in [0.15, 0.2) is 0 Å². The van der Waals surface area contributed by atoms with E-state index in [2.05, 4.69) is 0 Å². The summed E-state index contributed by atoms with van der Waals surface area (Å²) in [5, 5.41) is 5.09. The summed E-state index contributed by atoms with van der Waals surface area (Å²) in [6.45, 7) is 7.30. The lowest BCUT2D eigenvalue weighted by Crippen LogP contribution is -2.34. The molecule has 1 fully saturated rings. The van der Waals surface area contributed by atoms with Crippen molar-refractivity contribution in [1.82, 2.24) is 0 Å². The van der Waals surface area contributed by atoms with Crippen LogP contribution < -0.4 is 5.14 Å². The highest BCUT2D eigenvalue weighted by Crippen LogP contribution is 2.31. The Bertz CT molecular complexity index is 315. The minimum absolute atomic E-state index is 0.00116. The van der Waals surface area contributed by atoms with E-state index in [4.69, 9.17) is 9.88 Å². The highest BCUT2D eigenvalue weighted by atomic mass is 32.2. The van der Waals surface area contributed by atoms with Crippen molar-refractivity contribution in [2.24, 2.45) is 22.4 Å². The number of primary sulfonamides is 1. The Morgan fingerprint density at radius 1 is 1.38 bits per heavy atom. The third-order valence-corrected chi connectivity index (χ3v) is 3.89. The van der Waals surface area contributed by atoms with E-state index in [1.165, 1.54) is 12.8 Å². The summed E-state index contributed by atoms with van der Waals surface area (Å²) in [5.74, 6) is 0.664. The van der Waals surface area contributed by atoms with E-state index < -0.39 is 10.0 Å². The van der Waals surface area contributed by atoms with Crippen LogP contribution in [0.2, 0.25) is 0 Å². The van der Waals surface area contributed by atoms with E-state index in [1.54, 1.807) is 0 Å². The monoisotopic (exact) mass is 249 g/mol. The molecule has 0 spiro atoms. The van der Waals surface area contributed by atoms with Gasteiger partial charge in [0.05, 0.1) is 12.4 Å². The second-order valence-corrected chi connectivity index (χ2v) is 7.53. The van der Waals surface area contributed by atoms with Gasteiger partial charge in [-0.1, -0.05) is 20.8 Å². The van der Waals surface area contributed by atoms with Crippen molar-refractivity contribution in [1.29, 1.82) is 0 Å². The second kappa shape index (κ2) is 5.02. The molecule has 0 saturated heterocycles. The average molecular weight is 249 g/mol. The number of nitrogens with two attached hydrogens (primary N) is 1. The largest absolute Gasteiger partial charge is 0.381 e. The van der Waals surface area contributed by atoms with Crippen LogP contribution in [0.25, 0.3) is 0 Å². The first-order valence-electron chi connectivity index (χ1n) is 5.76. The summed E-state index contributed by atoms with van der Waals surface area (Å²) >= 11 is 0. The lowest BCUT2D eigenvalue weighted by molar-refractivity contribution is 0.0593. The maximum Gasteiger partial charge on any atom is 0.209 e. The summed E-state index contributed by atoms with van der Waals surface area (Å²) < 4.78 is 27.8. The molecule has 1 unspecified atom stereocenters. The van der Waals surface area contributed by atoms with E-state index in [0.29, 0.717) is 12.5 Å². The average Bonchev–Trinajstić information content (AvgIpc) is 2.82. The molecule has 96 valence electrons. The van der Waals surface area contributed by atoms with E-state index in [1.807, 2.05) is 20.8 Å². The van der Waals surface area contributed by atoms with Crippen molar-refractivity contribution >= 4 is 10.0 Å². The normalized spacial score (nSPS) is 19.8. The fourth-order valence-corrected chi connectivity index (χ4v) is 2.65. The van der Waals surface area contributed by atoms with Gasteiger partial charge in [-0.25, -0.2) is 13.6 Å². The summed E-state index contributed by atoms with van der Waals surface area (Å²) in [5.41, 5.74) is -0.101. The van der Waals surface area contributed by atoms with Crippen LogP contribution in [0.5, 0.6) is 0 Å². The fraction of sp³-hybridized carbons (Fsp3) is 1.00. The first-order chi connectivity index (χ1) is 7.18. The first kappa shape index (κ1) is 13.9. The zero-order valence-corrected chi connectivity index (χ0v) is 11.2. The van der Waals surface area contributed by atoms with Crippen LogP contribution in [0.3, 0.4) is 0 Å². The summed E-state index contributed by atoms with van der Waals surface area (Å²) in [6, 6.07) is 0. The van der Waals surface area contributed by atoms with Crippen LogP contribution in [0, 0.1) is 17.3 Å². The van der Waals surface area contributed by atoms with Crippen molar-refractivity contribution in [3.8, 4) is 0 Å². The van der Waals surface area contributed by atoms with Crippen LogP contribution in [-0.4, -0.2) is 27.4 Å². The maximum absolute atomic E-state index is 11.1. The van der Waals surface area contributed by atoms with Crippen molar-refractivity contribution < 1.29 is 13.2 Å². The van der Waals surface area contributed by atoms with E-state index in [0.717, 1.165) is 6.61 Å². The van der Waals surface area contributed by atoms with Gasteiger partial charge < -0.3 is 4.74 Å². The molecule has 1 aliphatic rings. The molecule has 1 aliphatic carbocycles. The number of rotatable bonds is 6. The minimum atomic E-state index is -3.42. The SMILES string of the molecule is CC(C)(C)C(COCC1CC1)CS(N)(=O)=O. The molecular formula is C11H23NO3S. The second-order valence-electron chi connectivity index (χ2n) is 5.87. The molecule has 1 atom stereocenters. The Labute approximate surface area is 98.6 Å². The topological polar surface area (TPSA) is 69.4 Å². The highest BCUT2D eigenvalue weighted by molar-refractivity contribution is 7.89. The number of ether oxygens (including phenoxy) is 1. The fourth-order valence-electron chi connectivity index (χ4n) is 1.49. The molecular weight excluding hydrogens is 226 g/mol. The lowest BCUT2D eigenvalue weighted by Gasteiger charge is -2.29. The van der Waals surface area contributed by atoms with E-state index in [-0.39, 0.29) is 17.1 Å². The highest BCUT2D eigenvalue weighted by Gasteiger charge is 2.29.